The molecule has 1 saturated heterocycles. The molecule has 1 aromatic rings. The number of ether oxygens (including phenoxy) is 1. The number of benzene rings is 1. The van der Waals surface area contributed by atoms with E-state index in [-0.39, 0.29) is 17.8 Å². The van der Waals surface area contributed by atoms with Gasteiger partial charge in [0.15, 0.2) is 0 Å². The van der Waals surface area contributed by atoms with Gasteiger partial charge in [-0.1, -0.05) is 12.1 Å². The van der Waals surface area contributed by atoms with Gasteiger partial charge in [-0.05, 0) is 49.1 Å². The number of rotatable bonds is 2. The van der Waals surface area contributed by atoms with Crippen molar-refractivity contribution in [2.75, 3.05) is 0 Å². The topological polar surface area (TPSA) is 30.7 Å². The van der Waals surface area contributed by atoms with Gasteiger partial charge in [0.25, 0.3) is 0 Å². The van der Waals surface area contributed by atoms with Crippen LogP contribution in [0.15, 0.2) is 18.2 Å². The van der Waals surface area contributed by atoms with Gasteiger partial charge >= 0.3 is 5.97 Å². The molecule has 2 fully saturated rings. The Bertz CT molecular complexity index is 562. The molecule has 1 aromatic carbocycles. The van der Waals surface area contributed by atoms with Crippen molar-refractivity contribution in [1.29, 1.82) is 0 Å². The van der Waals surface area contributed by atoms with Gasteiger partial charge in [-0.2, -0.15) is 0 Å². The molecule has 0 aromatic heterocycles. The van der Waals surface area contributed by atoms with Crippen molar-refractivity contribution >= 4 is 11.7 Å². The van der Waals surface area contributed by atoms with Crippen LogP contribution in [0.4, 0.5) is 10.1 Å². The summed E-state index contributed by atoms with van der Waals surface area (Å²) in [6, 6.07) is 4.93. The molecule has 1 heterocycles. The van der Waals surface area contributed by atoms with Crippen molar-refractivity contribution in [1.82, 2.24) is 0 Å². The van der Waals surface area contributed by atoms with Gasteiger partial charge in [0, 0.05) is 0 Å². The van der Waals surface area contributed by atoms with Crippen molar-refractivity contribution in [2.24, 2.45) is 5.92 Å². The van der Waals surface area contributed by atoms with E-state index in [0.29, 0.717) is 18.3 Å². The van der Waals surface area contributed by atoms with E-state index in [4.69, 9.17) is 11.3 Å². The molecule has 0 radical (unpaired) electrons. The third-order valence-corrected chi connectivity index (χ3v) is 4.51. The molecule has 3 nitrogen and oxygen atoms in total. The average molecular weight is 273 g/mol. The Morgan fingerprint density at radius 1 is 1.25 bits per heavy atom. The molecule has 20 heavy (non-hydrogen) atoms. The van der Waals surface area contributed by atoms with Gasteiger partial charge in [-0.15, -0.1) is 0 Å². The molecule has 4 heteroatoms. The van der Waals surface area contributed by atoms with Crippen LogP contribution in [0.3, 0.4) is 0 Å². The van der Waals surface area contributed by atoms with Crippen LogP contribution in [0, 0.1) is 18.3 Å². The second-order valence-corrected chi connectivity index (χ2v) is 5.67. The molecule has 0 bridgehead atoms. The Morgan fingerprint density at radius 2 is 1.95 bits per heavy atom. The first-order chi connectivity index (χ1) is 9.67. The number of nitrogens with zero attached hydrogens (tertiary/aromatic N) is 1. The predicted molar refractivity (Wildman–Crippen MR) is 71.9 cm³/mol. The number of carbonyl (C=O) groups excluding carboxylic acids is 1. The van der Waals surface area contributed by atoms with E-state index in [2.05, 4.69) is 4.85 Å². The van der Waals surface area contributed by atoms with Crippen LogP contribution in [-0.4, -0.2) is 12.1 Å². The Hall–Kier alpha value is -1.89. The highest BCUT2D eigenvalue weighted by Gasteiger charge is 2.37. The predicted octanol–water partition coefficient (Wildman–Crippen LogP) is 3.97. The highest BCUT2D eigenvalue weighted by atomic mass is 19.1. The van der Waals surface area contributed by atoms with E-state index in [1.807, 2.05) is 6.07 Å². The van der Waals surface area contributed by atoms with E-state index >= 15 is 0 Å². The summed E-state index contributed by atoms with van der Waals surface area (Å²) < 4.78 is 18.8. The second-order valence-electron chi connectivity index (χ2n) is 5.67. The van der Waals surface area contributed by atoms with Crippen LogP contribution in [0.1, 0.15) is 43.6 Å². The minimum absolute atomic E-state index is 0.0869. The molecule has 3 rings (SSSR count). The first kappa shape index (κ1) is 13.1. The number of hydrogen-bond donors (Lipinski definition) is 0. The van der Waals surface area contributed by atoms with Gasteiger partial charge < -0.3 is 4.74 Å². The van der Waals surface area contributed by atoms with Crippen molar-refractivity contribution in [3.63, 3.8) is 0 Å². The normalized spacial score (nSPS) is 29.2. The molecule has 1 aliphatic carbocycles. The fraction of sp³-hybridized carbons (Fsp3) is 0.500. The van der Waals surface area contributed by atoms with Crippen LogP contribution in [0.25, 0.3) is 4.85 Å². The molecule has 1 aliphatic heterocycles. The zero-order valence-corrected chi connectivity index (χ0v) is 11.1. The number of esters is 1. The maximum atomic E-state index is 13.6. The second kappa shape index (κ2) is 5.24. The number of cyclic esters (lactones) is 1. The lowest BCUT2D eigenvalue weighted by molar-refractivity contribution is -0.176. The maximum absolute atomic E-state index is 13.6. The lowest BCUT2D eigenvalue weighted by atomic mass is 9.75. The molecule has 104 valence electrons. The highest BCUT2D eigenvalue weighted by Crippen LogP contribution is 2.40. The molecule has 1 saturated carbocycles. The van der Waals surface area contributed by atoms with Gasteiger partial charge in [0.1, 0.15) is 11.9 Å². The van der Waals surface area contributed by atoms with Crippen molar-refractivity contribution < 1.29 is 13.9 Å². The van der Waals surface area contributed by atoms with Gasteiger partial charge in [0.2, 0.25) is 5.69 Å². The van der Waals surface area contributed by atoms with E-state index in [9.17, 15) is 9.18 Å². The zero-order valence-electron chi connectivity index (χ0n) is 11.1. The summed E-state index contributed by atoms with van der Waals surface area (Å²) in [6.45, 7) is 6.86. The van der Waals surface area contributed by atoms with Gasteiger partial charge in [0.05, 0.1) is 13.0 Å². The third-order valence-electron chi connectivity index (χ3n) is 4.51. The monoisotopic (exact) mass is 273 g/mol. The molecular weight excluding hydrogens is 257 g/mol. The minimum atomic E-state index is -0.424. The SMILES string of the molecule is [C-]#[N+]c1ccc(C2CCC(C3CC(=O)O3)CC2)cc1F. The standard InChI is InChI=1S/C16H16FNO2/c1-18-14-7-6-12(8-13(14)17)10-2-4-11(5-3-10)15-9-16(19)20-15/h6-8,10-11,15H,2-5,9H2. The minimum Gasteiger partial charge on any atom is -0.461 e. The number of hydrogen-bond acceptors (Lipinski definition) is 2. The largest absolute Gasteiger partial charge is 0.461 e. The fourth-order valence-electron chi connectivity index (χ4n) is 3.28. The summed E-state index contributed by atoms with van der Waals surface area (Å²) in [7, 11) is 0. The van der Waals surface area contributed by atoms with Crippen molar-refractivity contribution in [3.05, 3.63) is 41.0 Å². The summed E-state index contributed by atoms with van der Waals surface area (Å²) in [5, 5.41) is 0. The molecule has 1 unspecified atom stereocenters. The lowest BCUT2D eigenvalue weighted by Crippen LogP contribution is -2.40. The molecule has 0 N–H and O–H groups in total. The summed E-state index contributed by atoms with van der Waals surface area (Å²) in [4.78, 5) is 14.0. The Morgan fingerprint density at radius 3 is 2.50 bits per heavy atom. The lowest BCUT2D eigenvalue weighted by Gasteiger charge is -2.37. The average Bonchev–Trinajstić information content (AvgIpc) is 2.44. The van der Waals surface area contributed by atoms with Gasteiger partial charge in [-0.25, -0.2) is 9.24 Å². The zero-order chi connectivity index (χ0) is 14.1. The molecule has 0 spiro atoms. The quantitative estimate of drug-likeness (QED) is 0.603. The van der Waals surface area contributed by atoms with Crippen LogP contribution in [-0.2, 0) is 9.53 Å². The first-order valence-electron chi connectivity index (χ1n) is 7.03. The Kier molecular flexibility index (Phi) is 3.43. The fourth-order valence-corrected chi connectivity index (χ4v) is 3.28. The van der Waals surface area contributed by atoms with Crippen LogP contribution in [0.2, 0.25) is 0 Å². The summed E-state index contributed by atoms with van der Waals surface area (Å²) in [5.41, 5.74) is 1.07. The van der Waals surface area contributed by atoms with E-state index in [1.165, 1.54) is 6.07 Å². The van der Waals surface area contributed by atoms with Crippen molar-refractivity contribution in [3.8, 4) is 0 Å². The maximum Gasteiger partial charge on any atom is 0.309 e. The van der Waals surface area contributed by atoms with E-state index in [1.54, 1.807) is 6.07 Å². The van der Waals surface area contributed by atoms with Crippen LogP contribution in [0.5, 0.6) is 0 Å². The highest BCUT2D eigenvalue weighted by molar-refractivity contribution is 5.75. The number of halogens is 1. The molecular formula is C16H16FNO2. The molecule has 1 atom stereocenters. The van der Waals surface area contributed by atoms with E-state index in [0.717, 1.165) is 31.2 Å². The van der Waals surface area contributed by atoms with Crippen molar-refractivity contribution in [2.45, 2.75) is 44.1 Å². The van der Waals surface area contributed by atoms with Crippen LogP contribution >= 0.6 is 0 Å². The Balaban J connectivity index is 1.62. The van der Waals surface area contributed by atoms with Crippen LogP contribution < -0.4 is 0 Å². The summed E-state index contributed by atoms with van der Waals surface area (Å²) >= 11 is 0. The first-order valence-corrected chi connectivity index (χ1v) is 7.03. The third kappa shape index (κ3) is 2.40. The summed E-state index contributed by atoms with van der Waals surface area (Å²) in [5.74, 6) is 0.314. The Labute approximate surface area is 117 Å². The smallest absolute Gasteiger partial charge is 0.309 e. The molecule has 0 amide bonds. The van der Waals surface area contributed by atoms with Gasteiger partial charge in [-0.3, -0.25) is 4.79 Å². The number of carbonyl (C=O) groups is 1. The molecule has 2 aliphatic rings. The van der Waals surface area contributed by atoms with E-state index < -0.39 is 5.82 Å². The summed E-state index contributed by atoms with van der Waals surface area (Å²) in [6.07, 6.45) is 4.71.